The minimum Gasteiger partial charge on any atom is -0.466 e. The summed E-state index contributed by atoms with van der Waals surface area (Å²) in [5.41, 5.74) is 0. The summed E-state index contributed by atoms with van der Waals surface area (Å²) < 4.78 is 35.6. The number of carbonyl (C=O) groups excluding carboxylic acids is 4. The first kappa shape index (κ1) is 111. The Balaban J connectivity index is 2.40. The van der Waals surface area contributed by atoms with Crippen LogP contribution in [0.2, 0.25) is 0 Å². The molecule has 0 spiro atoms. The highest BCUT2D eigenvalue weighted by molar-refractivity contribution is 5.70. The topological polar surface area (TPSA) is 130 Å². The van der Waals surface area contributed by atoms with E-state index >= 15 is 0 Å². The lowest BCUT2D eigenvalue weighted by Gasteiger charge is -2.28. The fourth-order valence-electron chi connectivity index (χ4n) is 18.1. The zero-order valence-corrected chi connectivity index (χ0v) is 78.9. The molecule has 0 aromatic carbocycles. The van der Waals surface area contributed by atoms with Crippen LogP contribution in [0.25, 0.3) is 0 Å². The molecule has 1 aliphatic heterocycles. The van der Waals surface area contributed by atoms with Crippen LogP contribution < -0.4 is 0 Å². The predicted octanol–water partition coefficient (Wildman–Crippen LogP) is 30.2. The van der Waals surface area contributed by atoms with Gasteiger partial charge in [0.25, 0.3) is 0 Å². The van der Waals surface area contributed by atoms with Gasteiger partial charge in [-0.2, -0.15) is 0 Å². The van der Waals surface area contributed by atoms with E-state index in [0.29, 0.717) is 93.7 Å². The molecule has 0 amide bonds. The molecule has 0 radical (unpaired) electrons. The summed E-state index contributed by atoms with van der Waals surface area (Å²) in [5, 5.41) is 0. The van der Waals surface area contributed by atoms with Gasteiger partial charge in [0.05, 0.1) is 45.7 Å². The predicted molar refractivity (Wildman–Crippen MR) is 492 cm³/mol. The Hall–Kier alpha value is -2.28. The van der Waals surface area contributed by atoms with Crippen molar-refractivity contribution in [3.8, 4) is 0 Å². The van der Waals surface area contributed by atoms with Crippen molar-refractivity contribution in [1.82, 2.24) is 9.80 Å². The molecule has 115 heavy (non-hydrogen) atoms. The lowest BCUT2D eigenvalue weighted by atomic mass is 9.80. The first-order chi connectivity index (χ1) is 56.3. The Morgan fingerprint density at radius 1 is 0.304 bits per heavy atom. The van der Waals surface area contributed by atoms with E-state index in [1.54, 1.807) is 0 Å². The van der Waals surface area contributed by atoms with Crippen LogP contribution in [-0.4, -0.2) is 126 Å². The Morgan fingerprint density at radius 3 is 0.922 bits per heavy atom. The zero-order valence-electron chi connectivity index (χ0n) is 78.9. The van der Waals surface area contributed by atoms with Crippen molar-refractivity contribution in [1.29, 1.82) is 0 Å². The van der Waals surface area contributed by atoms with Gasteiger partial charge in [0.2, 0.25) is 0 Å². The van der Waals surface area contributed by atoms with Crippen LogP contribution in [0.1, 0.15) is 505 Å². The molecular formula is C103H200N2O10. The van der Waals surface area contributed by atoms with Crippen LogP contribution in [0.4, 0.5) is 0 Å². The maximum absolute atomic E-state index is 13.4. The Labute approximate surface area is 716 Å². The average Bonchev–Trinajstić information content (AvgIpc) is 0.923. The van der Waals surface area contributed by atoms with Gasteiger partial charge in [-0.3, -0.25) is 24.1 Å². The van der Waals surface area contributed by atoms with E-state index in [-0.39, 0.29) is 23.9 Å². The molecule has 6 atom stereocenters. The number of nitrogens with zero attached hydrogens (tertiary/aromatic N) is 2. The van der Waals surface area contributed by atoms with E-state index in [9.17, 15) is 19.2 Å². The van der Waals surface area contributed by atoms with Gasteiger partial charge in [0, 0.05) is 45.4 Å². The van der Waals surface area contributed by atoms with Crippen molar-refractivity contribution in [3.05, 3.63) is 0 Å². The van der Waals surface area contributed by atoms with Crippen LogP contribution in [0.3, 0.4) is 0 Å². The van der Waals surface area contributed by atoms with Crippen LogP contribution in [-0.2, 0) is 47.6 Å². The Bertz CT molecular complexity index is 2030. The van der Waals surface area contributed by atoms with Crippen molar-refractivity contribution in [2.75, 3.05) is 86.0 Å². The standard InChI is InChI=1S/C103H200N2O10/c1-11-19-45-65-94(66-46-20-12-2)88-100(106)112-82-56-41-33-25-29-37-51-63-93(76-78-105-79-86-110-87-80-105)64-52-38-30-26-34-42-57-84-114-102(108)90-96(69-49-23-15-5)71-61-62-92(9)98(17-7)75-74-97(70-50-24-16-6)91-103(109)115-85-59-44-36-28-32-40-54-73-99(111-81-60-55-77-104(10)18-8)72-53-39-31-27-35-43-58-83-113-101(107)89-95(67-47-21-13-3)68-48-22-14-4/h92-99H,11-91H2,1-10H3. The Morgan fingerprint density at radius 2 is 0.591 bits per heavy atom. The maximum atomic E-state index is 13.4. The lowest BCUT2D eigenvalue weighted by molar-refractivity contribution is -0.146. The second kappa shape index (κ2) is 85.3. The highest BCUT2D eigenvalue weighted by Gasteiger charge is 2.24. The number of esters is 4. The smallest absolute Gasteiger partial charge is 0.306 e. The highest BCUT2D eigenvalue weighted by atomic mass is 16.5. The first-order valence-electron chi connectivity index (χ1n) is 51.6. The number of carbonyl (C=O) groups is 4. The molecule has 12 nitrogen and oxygen atoms in total. The lowest BCUT2D eigenvalue weighted by Crippen LogP contribution is -2.37. The maximum Gasteiger partial charge on any atom is 0.306 e. The molecule has 0 aromatic heterocycles. The summed E-state index contributed by atoms with van der Waals surface area (Å²) in [6.45, 7) is 31.2. The highest BCUT2D eigenvalue weighted by Crippen LogP contribution is 2.33. The molecule has 0 bridgehead atoms. The van der Waals surface area contributed by atoms with Gasteiger partial charge in [-0.15, -0.1) is 0 Å². The molecule has 1 rings (SSSR count). The molecular weight excluding hydrogens is 1430 g/mol. The second-order valence-corrected chi connectivity index (χ2v) is 37.0. The van der Waals surface area contributed by atoms with Crippen LogP contribution in [0.5, 0.6) is 0 Å². The number of hydrogen-bond donors (Lipinski definition) is 0. The summed E-state index contributed by atoms with van der Waals surface area (Å²) in [6.07, 6.45) is 81.8. The molecule has 0 saturated carbocycles. The minimum absolute atomic E-state index is 0.0143. The molecule has 1 saturated heterocycles. The zero-order chi connectivity index (χ0) is 83.6. The number of ether oxygens (including phenoxy) is 6. The molecule has 1 heterocycles. The quantitative estimate of drug-likeness (QED) is 0.0326. The van der Waals surface area contributed by atoms with E-state index in [1.165, 1.54) is 347 Å². The van der Waals surface area contributed by atoms with Gasteiger partial charge in [0.15, 0.2) is 0 Å². The van der Waals surface area contributed by atoms with E-state index in [0.717, 1.165) is 129 Å². The van der Waals surface area contributed by atoms with E-state index in [4.69, 9.17) is 28.4 Å². The molecule has 12 heteroatoms. The number of hydrogen-bond acceptors (Lipinski definition) is 12. The average molecular weight is 1630 g/mol. The SMILES string of the molecule is CCCCCC(CCCCC)CC(=O)OCCCCCCCCCC(CCCCCCCCCOC(=O)CC(CCCCC)CCCC(C)C(CC)CCC(CCCCC)CC(=O)OCCCCCCCCCC(CCCCCCCCCOC(=O)CC(CCCCC)CCCCC)OCCCCN(C)CC)CCN1CCOCC1. The minimum atomic E-state index is 0.0143. The first-order valence-corrected chi connectivity index (χ1v) is 51.6. The third-order valence-electron chi connectivity index (χ3n) is 26.4. The summed E-state index contributed by atoms with van der Waals surface area (Å²) >= 11 is 0. The molecule has 0 N–H and O–H groups in total. The monoisotopic (exact) mass is 1630 g/mol. The van der Waals surface area contributed by atoms with Crippen molar-refractivity contribution >= 4 is 23.9 Å². The van der Waals surface area contributed by atoms with Crippen molar-refractivity contribution in [3.63, 3.8) is 0 Å². The molecule has 1 fully saturated rings. The molecule has 0 aliphatic carbocycles. The largest absolute Gasteiger partial charge is 0.466 e. The summed E-state index contributed by atoms with van der Waals surface area (Å²) in [6, 6.07) is 0. The number of morpholine rings is 1. The van der Waals surface area contributed by atoms with Crippen molar-refractivity contribution in [2.24, 2.45) is 41.4 Å². The van der Waals surface area contributed by atoms with Gasteiger partial charge in [0.1, 0.15) is 0 Å². The fraction of sp³-hybridized carbons (Fsp3) is 0.961. The van der Waals surface area contributed by atoms with E-state index < -0.39 is 0 Å². The second-order valence-electron chi connectivity index (χ2n) is 37.0. The molecule has 682 valence electrons. The summed E-state index contributed by atoms with van der Waals surface area (Å²) in [5.74, 6) is 4.03. The van der Waals surface area contributed by atoms with Gasteiger partial charge < -0.3 is 33.3 Å². The molecule has 0 aromatic rings. The normalized spacial score (nSPS) is 14.4. The van der Waals surface area contributed by atoms with Crippen molar-refractivity contribution < 1.29 is 47.6 Å². The van der Waals surface area contributed by atoms with Gasteiger partial charge in [-0.25, -0.2) is 0 Å². The van der Waals surface area contributed by atoms with Gasteiger partial charge in [-0.1, -0.05) is 364 Å². The van der Waals surface area contributed by atoms with Crippen molar-refractivity contribution in [2.45, 2.75) is 511 Å². The number of rotatable bonds is 91. The summed E-state index contributed by atoms with van der Waals surface area (Å²) in [4.78, 5) is 57.1. The third-order valence-corrected chi connectivity index (χ3v) is 26.4. The fourth-order valence-corrected chi connectivity index (χ4v) is 18.1. The van der Waals surface area contributed by atoms with E-state index in [2.05, 4.69) is 79.2 Å². The van der Waals surface area contributed by atoms with Crippen LogP contribution in [0, 0.1) is 41.4 Å². The van der Waals surface area contributed by atoms with Crippen LogP contribution >= 0.6 is 0 Å². The summed E-state index contributed by atoms with van der Waals surface area (Å²) in [7, 11) is 2.21. The van der Waals surface area contributed by atoms with E-state index in [1.807, 2.05) is 0 Å². The Kier molecular flexibility index (Phi) is 82.1. The van der Waals surface area contributed by atoms with Gasteiger partial charge in [-0.05, 0) is 184 Å². The molecule has 1 aliphatic rings. The third kappa shape index (κ3) is 73.0. The van der Waals surface area contributed by atoms with Gasteiger partial charge >= 0.3 is 23.9 Å². The van der Waals surface area contributed by atoms with Crippen LogP contribution in [0.15, 0.2) is 0 Å². The molecule has 6 unspecified atom stereocenters. The number of unbranched alkanes of at least 4 members (excludes halogenated alkanes) is 37.